The zero-order chi connectivity index (χ0) is 19.7. The summed E-state index contributed by atoms with van der Waals surface area (Å²) in [6.07, 6.45) is 0. The number of hydrogen-bond acceptors (Lipinski definition) is 3. The molecule has 2 aromatic carbocycles. The molecule has 1 aliphatic rings. The quantitative estimate of drug-likeness (QED) is 0.687. The van der Waals surface area contributed by atoms with E-state index in [1.165, 1.54) is 11.1 Å². The highest BCUT2D eigenvalue weighted by atomic mass is 16.2. The van der Waals surface area contributed by atoms with Gasteiger partial charge in [-0.3, -0.25) is 4.79 Å². The van der Waals surface area contributed by atoms with Gasteiger partial charge in [0.15, 0.2) is 0 Å². The van der Waals surface area contributed by atoms with E-state index in [0.29, 0.717) is 0 Å². The van der Waals surface area contributed by atoms with E-state index in [1.807, 2.05) is 35.2 Å². The summed E-state index contributed by atoms with van der Waals surface area (Å²) in [7, 11) is 0. The van der Waals surface area contributed by atoms with Gasteiger partial charge >= 0.3 is 0 Å². The van der Waals surface area contributed by atoms with Crippen LogP contribution < -0.4 is 0 Å². The van der Waals surface area contributed by atoms with Crippen LogP contribution in [0.25, 0.3) is 22.2 Å². The molecule has 4 rings (SSSR count). The molecule has 4 heteroatoms. The van der Waals surface area contributed by atoms with Gasteiger partial charge in [-0.2, -0.15) is 0 Å². The average Bonchev–Trinajstić information content (AvgIpc) is 2.74. The van der Waals surface area contributed by atoms with Crippen molar-refractivity contribution in [2.75, 3.05) is 32.7 Å². The van der Waals surface area contributed by atoms with E-state index in [0.717, 1.165) is 60.4 Å². The van der Waals surface area contributed by atoms with E-state index in [4.69, 9.17) is 4.98 Å². The van der Waals surface area contributed by atoms with Crippen LogP contribution in [0.15, 0.2) is 48.5 Å². The predicted octanol–water partition coefficient (Wildman–Crippen LogP) is 4.30. The van der Waals surface area contributed by atoms with Gasteiger partial charge in [0.2, 0.25) is 0 Å². The fraction of sp³-hybridized carbons (Fsp3) is 0.333. The Morgan fingerprint density at radius 2 is 1.71 bits per heavy atom. The number of likely N-dealkylation sites (N-methyl/N-ethyl adjacent to an activating group) is 1. The molecule has 28 heavy (non-hydrogen) atoms. The summed E-state index contributed by atoms with van der Waals surface area (Å²) < 4.78 is 0. The van der Waals surface area contributed by atoms with Gasteiger partial charge in [0.25, 0.3) is 5.91 Å². The molecule has 0 spiro atoms. The van der Waals surface area contributed by atoms with E-state index in [-0.39, 0.29) is 5.91 Å². The highest BCUT2D eigenvalue weighted by Gasteiger charge is 2.23. The van der Waals surface area contributed by atoms with Crippen molar-refractivity contribution >= 4 is 16.8 Å². The number of aryl methyl sites for hydroxylation is 2. The van der Waals surface area contributed by atoms with Gasteiger partial charge < -0.3 is 9.80 Å². The number of para-hydroxylation sites is 1. The number of piperazine rings is 1. The second-order valence-electron chi connectivity index (χ2n) is 7.60. The van der Waals surface area contributed by atoms with Crippen LogP contribution in [-0.4, -0.2) is 53.4 Å². The molecule has 0 radical (unpaired) electrons. The van der Waals surface area contributed by atoms with E-state index < -0.39 is 0 Å². The molecule has 0 saturated carbocycles. The van der Waals surface area contributed by atoms with Gasteiger partial charge in [0.05, 0.1) is 16.8 Å². The average molecular weight is 374 g/mol. The van der Waals surface area contributed by atoms with E-state index >= 15 is 0 Å². The standard InChI is InChI=1S/C24H27N3O/c1-4-26-11-13-27(14-12-26)24(28)21-16-23(19-10-9-17(2)18(3)15-19)25-22-8-6-5-7-20(21)22/h5-10,15-16H,4,11-14H2,1-3H3. The Balaban J connectivity index is 1.76. The molecule has 0 atom stereocenters. The van der Waals surface area contributed by atoms with Gasteiger partial charge in [0.1, 0.15) is 0 Å². The summed E-state index contributed by atoms with van der Waals surface area (Å²) in [5.74, 6) is 0.111. The third-order valence-electron chi connectivity index (χ3n) is 5.86. The molecular formula is C24H27N3O. The van der Waals surface area contributed by atoms with Crippen molar-refractivity contribution in [3.05, 3.63) is 65.2 Å². The Labute approximate surface area is 166 Å². The monoisotopic (exact) mass is 373 g/mol. The van der Waals surface area contributed by atoms with Crippen LogP contribution in [0, 0.1) is 13.8 Å². The fourth-order valence-corrected chi connectivity index (χ4v) is 3.84. The minimum atomic E-state index is 0.111. The number of hydrogen-bond donors (Lipinski definition) is 0. The number of carbonyl (C=O) groups excluding carboxylic acids is 1. The second-order valence-corrected chi connectivity index (χ2v) is 7.60. The Hall–Kier alpha value is -2.72. The molecule has 0 unspecified atom stereocenters. The van der Waals surface area contributed by atoms with Crippen molar-refractivity contribution in [3.63, 3.8) is 0 Å². The SMILES string of the molecule is CCN1CCN(C(=O)c2cc(-c3ccc(C)c(C)c3)nc3ccccc23)CC1. The lowest BCUT2D eigenvalue weighted by Gasteiger charge is -2.34. The molecule has 1 amide bonds. The Bertz CT molecular complexity index is 1020. The van der Waals surface area contributed by atoms with Gasteiger partial charge in [-0.1, -0.05) is 37.3 Å². The molecule has 144 valence electrons. The lowest BCUT2D eigenvalue weighted by molar-refractivity contribution is 0.0645. The lowest BCUT2D eigenvalue weighted by Crippen LogP contribution is -2.48. The van der Waals surface area contributed by atoms with Crippen LogP contribution in [0.1, 0.15) is 28.4 Å². The Kier molecular flexibility index (Phi) is 5.14. The van der Waals surface area contributed by atoms with E-state index in [9.17, 15) is 4.79 Å². The number of carbonyl (C=O) groups is 1. The molecule has 1 saturated heterocycles. The summed E-state index contributed by atoms with van der Waals surface area (Å²) in [5.41, 5.74) is 6.03. The molecule has 0 bridgehead atoms. The van der Waals surface area contributed by atoms with Gasteiger partial charge in [-0.05, 0) is 49.7 Å². The predicted molar refractivity (Wildman–Crippen MR) is 115 cm³/mol. The first kappa shape index (κ1) is 18.6. The van der Waals surface area contributed by atoms with Crippen LogP contribution in [0.4, 0.5) is 0 Å². The molecule has 4 nitrogen and oxygen atoms in total. The molecular weight excluding hydrogens is 346 g/mol. The number of pyridine rings is 1. The molecule has 1 aromatic heterocycles. The third kappa shape index (κ3) is 3.52. The second kappa shape index (κ2) is 7.72. The smallest absolute Gasteiger partial charge is 0.254 e. The summed E-state index contributed by atoms with van der Waals surface area (Å²) >= 11 is 0. The summed E-state index contributed by atoms with van der Waals surface area (Å²) in [4.78, 5) is 22.6. The number of amides is 1. The van der Waals surface area contributed by atoms with Crippen molar-refractivity contribution in [2.24, 2.45) is 0 Å². The number of rotatable bonds is 3. The highest BCUT2D eigenvalue weighted by molar-refractivity contribution is 6.07. The Morgan fingerprint density at radius 1 is 0.964 bits per heavy atom. The lowest BCUT2D eigenvalue weighted by atomic mass is 10.00. The third-order valence-corrected chi connectivity index (χ3v) is 5.86. The number of benzene rings is 2. The zero-order valence-corrected chi connectivity index (χ0v) is 16.9. The maximum atomic E-state index is 13.4. The van der Waals surface area contributed by atoms with Crippen LogP contribution in [0.3, 0.4) is 0 Å². The van der Waals surface area contributed by atoms with Gasteiger partial charge in [-0.15, -0.1) is 0 Å². The first-order chi connectivity index (χ1) is 13.6. The molecule has 1 aliphatic heterocycles. The largest absolute Gasteiger partial charge is 0.336 e. The minimum absolute atomic E-state index is 0.111. The van der Waals surface area contributed by atoms with Crippen molar-refractivity contribution < 1.29 is 4.79 Å². The normalized spacial score (nSPS) is 15.2. The summed E-state index contributed by atoms with van der Waals surface area (Å²) in [6.45, 7) is 10.9. The first-order valence-electron chi connectivity index (χ1n) is 10.1. The minimum Gasteiger partial charge on any atom is -0.336 e. The first-order valence-corrected chi connectivity index (χ1v) is 10.1. The summed E-state index contributed by atoms with van der Waals surface area (Å²) in [5, 5.41) is 0.929. The molecule has 0 N–H and O–H groups in total. The van der Waals surface area contributed by atoms with Crippen molar-refractivity contribution in [1.29, 1.82) is 0 Å². The topological polar surface area (TPSA) is 36.4 Å². The van der Waals surface area contributed by atoms with Crippen molar-refractivity contribution in [2.45, 2.75) is 20.8 Å². The number of aromatic nitrogens is 1. The summed E-state index contributed by atoms with van der Waals surface area (Å²) in [6, 6.07) is 16.3. The van der Waals surface area contributed by atoms with Crippen LogP contribution >= 0.6 is 0 Å². The highest BCUT2D eigenvalue weighted by Crippen LogP contribution is 2.27. The number of nitrogens with zero attached hydrogens (tertiary/aromatic N) is 3. The maximum absolute atomic E-state index is 13.4. The molecule has 1 fully saturated rings. The fourth-order valence-electron chi connectivity index (χ4n) is 3.84. The van der Waals surface area contributed by atoms with Crippen LogP contribution in [0.5, 0.6) is 0 Å². The van der Waals surface area contributed by atoms with Crippen molar-refractivity contribution in [3.8, 4) is 11.3 Å². The maximum Gasteiger partial charge on any atom is 0.254 e. The Morgan fingerprint density at radius 3 is 2.43 bits per heavy atom. The molecule has 0 aliphatic carbocycles. The van der Waals surface area contributed by atoms with Crippen LogP contribution in [-0.2, 0) is 0 Å². The number of fused-ring (bicyclic) bond motifs is 1. The van der Waals surface area contributed by atoms with Crippen molar-refractivity contribution in [1.82, 2.24) is 14.8 Å². The van der Waals surface area contributed by atoms with E-state index in [2.05, 4.69) is 43.9 Å². The van der Waals surface area contributed by atoms with Gasteiger partial charge in [0, 0.05) is 37.1 Å². The van der Waals surface area contributed by atoms with E-state index in [1.54, 1.807) is 0 Å². The van der Waals surface area contributed by atoms with Gasteiger partial charge in [-0.25, -0.2) is 4.98 Å². The van der Waals surface area contributed by atoms with Crippen LogP contribution in [0.2, 0.25) is 0 Å². The zero-order valence-electron chi connectivity index (χ0n) is 16.9. The molecule has 2 heterocycles. The molecule has 3 aromatic rings.